The van der Waals surface area contributed by atoms with Crippen LogP contribution in [-0.4, -0.2) is 33.0 Å². The lowest BCUT2D eigenvalue weighted by Gasteiger charge is -2.25. The van der Waals surface area contributed by atoms with E-state index in [9.17, 15) is 18.0 Å². The van der Waals surface area contributed by atoms with Crippen molar-refractivity contribution in [1.29, 1.82) is 0 Å². The molecule has 0 fully saturated rings. The first kappa shape index (κ1) is 26.0. The van der Waals surface area contributed by atoms with Crippen molar-refractivity contribution in [1.82, 2.24) is 5.32 Å². The maximum absolute atomic E-state index is 12.7. The minimum absolute atomic E-state index is 0.108. The maximum atomic E-state index is 12.7. The molecule has 0 radical (unpaired) electrons. The van der Waals surface area contributed by atoms with E-state index in [1.54, 1.807) is 30.3 Å². The lowest BCUT2D eigenvalue weighted by atomic mass is 10.1. The Kier molecular flexibility index (Phi) is 8.65. The van der Waals surface area contributed by atoms with Gasteiger partial charge in [-0.05, 0) is 55.2 Å². The van der Waals surface area contributed by atoms with Crippen molar-refractivity contribution in [2.24, 2.45) is 0 Å². The standard InChI is InChI=1S/C27H31N3O4S/c1-20-11-9-16-25(21(20)2)30(35(3,33)34)18-10-17-26(31)29-24-15-8-7-14-23(24)27(32)28-19-22-12-5-4-6-13-22/h4-9,11-16H,10,17-19H2,1-3H3,(H,28,32)(H,29,31). The molecule has 0 aliphatic rings. The SMILES string of the molecule is Cc1cccc(N(CCCC(=O)Nc2ccccc2C(=O)NCc2ccccc2)S(C)(=O)=O)c1C. The number of benzene rings is 3. The number of carbonyl (C=O) groups excluding carboxylic acids is 2. The zero-order valence-electron chi connectivity index (χ0n) is 20.2. The van der Waals surface area contributed by atoms with Crippen LogP contribution >= 0.6 is 0 Å². The van der Waals surface area contributed by atoms with Crippen LogP contribution in [0.15, 0.2) is 72.8 Å². The fourth-order valence-corrected chi connectivity index (χ4v) is 4.75. The average molecular weight is 494 g/mol. The molecule has 3 aromatic carbocycles. The highest BCUT2D eigenvalue weighted by atomic mass is 32.2. The molecule has 0 aliphatic heterocycles. The summed E-state index contributed by atoms with van der Waals surface area (Å²) in [4.78, 5) is 25.4. The van der Waals surface area contributed by atoms with Gasteiger partial charge in [-0.1, -0.05) is 54.6 Å². The summed E-state index contributed by atoms with van der Waals surface area (Å²) in [5.74, 6) is -0.578. The van der Waals surface area contributed by atoms with Crippen LogP contribution in [0, 0.1) is 13.8 Å². The van der Waals surface area contributed by atoms with Crippen molar-refractivity contribution in [2.45, 2.75) is 33.2 Å². The molecule has 0 heterocycles. The first-order chi connectivity index (χ1) is 16.7. The first-order valence-electron chi connectivity index (χ1n) is 11.4. The molecule has 3 aromatic rings. The van der Waals surface area contributed by atoms with Gasteiger partial charge in [-0.25, -0.2) is 8.42 Å². The van der Waals surface area contributed by atoms with E-state index in [0.717, 1.165) is 16.7 Å². The van der Waals surface area contributed by atoms with E-state index in [1.807, 2.05) is 56.3 Å². The summed E-state index contributed by atoms with van der Waals surface area (Å²) >= 11 is 0. The normalized spacial score (nSPS) is 11.1. The van der Waals surface area contributed by atoms with Gasteiger partial charge in [0, 0.05) is 19.5 Å². The van der Waals surface area contributed by atoms with Gasteiger partial charge < -0.3 is 10.6 Å². The quantitative estimate of drug-likeness (QED) is 0.437. The van der Waals surface area contributed by atoms with Gasteiger partial charge in [-0.15, -0.1) is 0 Å². The summed E-state index contributed by atoms with van der Waals surface area (Å²) in [5, 5.41) is 5.66. The average Bonchev–Trinajstić information content (AvgIpc) is 2.83. The lowest BCUT2D eigenvalue weighted by molar-refractivity contribution is -0.116. The Balaban J connectivity index is 1.61. The second-order valence-corrected chi connectivity index (χ2v) is 10.3. The van der Waals surface area contributed by atoms with Crippen LogP contribution in [0.3, 0.4) is 0 Å². The molecule has 0 saturated heterocycles. The summed E-state index contributed by atoms with van der Waals surface area (Å²) in [6.07, 6.45) is 1.60. The Bertz CT molecular complexity index is 1290. The molecule has 184 valence electrons. The van der Waals surface area contributed by atoms with Crippen LogP contribution < -0.4 is 14.9 Å². The molecule has 0 bridgehead atoms. The predicted octanol–water partition coefficient (Wildman–Crippen LogP) is 4.42. The molecule has 0 spiro atoms. The van der Waals surface area contributed by atoms with Crippen LogP contribution in [0.1, 0.15) is 39.9 Å². The van der Waals surface area contributed by atoms with Crippen molar-refractivity contribution in [3.63, 3.8) is 0 Å². The molecule has 0 saturated carbocycles. The molecule has 7 nitrogen and oxygen atoms in total. The number of hydrogen-bond donors (Lipinski definition) is 2. The molecule has 0 unspecified atom stereocenters. The minimum atomic E-state index is -3.51. The number of carbonyl (C=O) groups is 2. The summed E-state index contributed by atoms with van der Waals surface area (Å²) in [6, 6.07) is 21.9. The Labute approximate surface area is 207 Å². The van der Waals surface area contributed by atoms with Crippen LogP contribution in [0.25, 0.3) is 0 Å². The second-order valence-electron chi connectivity index (χ2n) is 8.42. The van der Waals surface area contributed by atoms with Crippen molar-refractivity contribution in [2.75, 3.05) is 22.4 Å². The number of anilines is 2. The number of rotatable bonds is 10. The molecular formula is C27H31N3O4S. The first-order valence-corrected chi connectivity index (χ1v) is 13.3. The van der Waals surface area contributed by atoms with E-state index < -0.39 is 10.0 Å². The van der Waals surface area contributed by atoms with Crippen LogP contribution in [0.5, 0.6) is 0 Å². The third kappa shape index (κ3) is 7.16. The molecule has 2 amide bonds. The summed E-state index contributed by atoms with van der Waals surface area (Å²) in [6.45, 7) is 4.37. The van der Waals surface area contributed by atoms with E-state index in [0.29, 0.717) is 29.9 Å². The summed E-state index contributed by atoms with van der Waals surface area (Å²) < 4.78 is 26.2. The van der Waals surface area contributed by atoms with Gasteiger partial charge in [0.1, 0.15) is 0 Å². The Morgan fingerprint density at radius 1 is 0.886 bits per heavy atom. The van der Waals surface area contributed by atoms with Crippen molar-refractivity contribution < 1.29 is 18.0 Å². The zero-order valence-corrected chi connectivity index (χ0v) is 21.1. The monoisotopic (exact) mass is 493 g/mol. The van der Waals surface area contributed by atoms with Gasteiger partial charge in [0.05, 0.1) is 23.2 Å². The molecule has 8 heteroatoms. The molecule has 35 heavy (non-hydrogen) atoms. The summed E-state index contributed by atoms with van der Waals surface area (Å²) in [7, 11) is -3.51. The van der Waals surface area contributed by atoms with Crippen molar-refractivity contribution in [3.8, 4) is 0 Å². The number of amides is 2. The van der Waals surface area contributed by atoms with Gasteiger partial charge in [-0.3, -0.25) is 13.9 Å². The van der Waals surface area contributed by atoms with Crippen LogP contribution in [-0.2, 0) is 21.4 Å². The van der Waals surface area contributed by atoms with E-state index in [4.69, 9.17) is 0 Å². The van der Waals surface area contributed by atoms with E-state index in [-0.39, 0.29) is 24.8 Å². The Morgan fingerprint density at radius 3 is 2.29 bits per heavy atom. The van der Waals surface area contributed by atoms with Crippen molar-refractivity contribution in [3.05, 3.63) is 95.1 Å². The molecule has 3 rings (SSSR count). The third-order valence-corrected chi connectivity index (χ3v) is 6.93. The maximum Gasteiger partial charge on any atom is 0.253 e. The second kappa shape index (κ2) is 11.7. The zero-order chi connectivity index (χ0) is 25.4. The third-order valence-electron chi connectivity index (χ3n) is 5.75. The highest BCUT2D eigenvalue weighted by Gasteiger charge is 2.20. The van der Waals surface area contributed by atoms with Gasteiger partial charge in [0.15, 0.2) is 0 Å². The topological polar surface area (TPSA) is 95.6 Å². The smallest absolute Gasteiger partial charge is 0.253 e. The number of hydrogen-bond acceptors (Lipinski definition) is 4. The van der Waals surface area contributed by atoms with E-state index >= 15 is 0 Å². The molecule has 0 aromatic heterocycles. The Hall–Kier alpha value is -3.65. The minimum Gasteiger partial charge on any atom is -0.348 e. The number of nitrogens with one attached hydrogen (secondary N) is 2. The van der Waals surface area contributed by atoms with Crippen LogP contribution in [0.2, 0.25) is 0 Å². The highest BCUT2D eigenvalue weighted by molar-refractivity contribution is 7.92. The van der Waals surface area contributed by atoms with E-state index in [2.05, 4.69) is 10.6 Å². The highest BCUT2D eigenvalue weighted by Crippen LogP contribution is 2.25. The predicted molar refractivity (Wildman–Crippen MR) is 140 cm³/mol. The molecule has 0 aliphatic carbocycles. The van der Waals surface area contributed by atoms with Gasteiger partial charge in [-0.2, -0.15) is 0 Å². The lowest BCUT2D eigenvalue weighted by Crippen LogP contribution is -2.32. The van der Waals surface area contributed by atoms with Gasteiger partial charge in [0.25, 0.3) is 5.91 Å². The molecular weight excluding hydrogens is 462 g/mol. The van der Waals surface area contributed by atoms with Crippen molar-refractivity contribution >= 4 is 33.2 Å². The number of para-hydroxylation sites is 1. The number of aryl methyl sites for hydroxylation is 1. The molecule has 0 atom stereocenters. The number of nitrogens with zero attached hydrogens (tertiary/aromatic N) is 1. The molecule has 2 N–H and O–H groups in total. The van der Waals surface area contributed by atoms with Gasteiger partial charge in [0.2, 0.25) is 15.9 Å². The van der Waals surface area contributed by atoms with Gasteiger partial charge >= 0.3 is 0 Å². The van der Waals surface area contributed by atoms with E-state index in [1.165, 1.54) is 10.6 Å². The fraction of sp³-hybridized carbons (Fsp3) is 0.259. The Morgan fingerprint density at radius 2 is 1.57 bits per heavy atom. The fourth-order valence-electron chi connectivity index (χ4n) is 3.73. The largest absolute Gasteiger partial charge is 0.348 e. The summed E-state index contributed by atoms with van der Waals surface area (Å²) in [5.41, 5.74) is 4.26. The number of sulfonamides is 1. The van der Waals surface area contributed by atoms with Crippen LogP contribution in [0.4, 0.5) is 11.4 Å².